The predicted molar refractivity (Wildman–Crippen MR) is 321 cm³/mol. The van der Waals surface area contributed by atoms with E-state index in [2.05, 4.69) is 67.8 Å². The fourth-order valence-corrected chi connectivity index (χ4v) is 9.96. The molecule has 0 rings (SSSR count). The number of allylic oxidation sites excluding steroid dienone is 9. The first kappa shape index (κ1) is 72.2. The molecule has 9 heteroatoms. The smallest absolute Gasteiger partial charge is 0.268 e. The molecule has 0 bridgehead atoms. The molecule has 0 heterocycles. The normalized spacial score (nSPS) is 14.2. The Kier molecular flexibility index (Phi) is 54.6. The van der Waals surface area contributed by atoms with Crippen molar-refractivity contribution in [2.24, 2.45) is 0 Å². The molecule has 3 unspecified atom stereocenters. The molecule has 0 aliphatic carbocycles. The summed E-state index contributed by atoms with van der Waals surface area (Å²) in [5.74, 6) is -0.205. The minimum absolute atomic E-state index is 0.00684. The molecular formula is C65H123N2O6P. The van der Waals surface area contributed by atoms with E-state index in [-0.39, 0.29) is 12.5 Å². The third-order valence-corrected chi connectivity index (χ3v) is 15.2. The standard InChI is InChI=1S/C65H123N2O6P/c1-6-8-10-12-14-16-18-20-22-24-26-28-29-30-31-32-33-34-35-36-37-39-41-43-45-47-49-51-53-55-57-59-65(69)66-63(62-73-74(70,71)72-61-60-67(3,4)5)64(68)58-56-54-52-50-48-46-44-42-40-38-27-25-23-21-19-17-15-13-11-9-7-2/h18,20,24,26,29-30,48,50,56,58,63-64,68H,6-17,19,21-23,25,27-28,31-47,49,51-55,57,59-62H2,1-5H3,(H-,66,69,70,71)/b20-18-,26-24-,30-29-,50-48+,58-56+. The number of carbonyl (C=O) groups is 1. The van der Waals surface area contributed by atoms with Gasteiger partial charge in [-0.15, -0.1) is 0 Å². The highest BCUT2D eigenvalue weighted by Gasteiger charge is 2.23. The molecule has 1 amide bonds. The van der Waals surface area contributed by atoms with Crippen LogP contribution in [-0.2, 0) is 18.4 Å². The molecular weight excluding hydrogens is 936 g/mol. The number of rotatable bonds is 58. The van der Waals surface area contributed by atoms with Gasteiger partial charge in [0.2, 0.25) is 5.91 Å². The Morgan fingerprint density at radius 3 is 1.19 bits per heavy atom. The minimum Gasteiger partial charge on any atom is -0.756 e. The van der Waals surface area contributed by atoms with Crippen LogP contribution in [-0.4, -0.2) is 68.5 Å². The molecule has 3 atom stereocenters. The number of nitrogens with zero attached hydrogens (tertiary/aromatic N) is 1. The second-order valence-corrected chi connectivity index (χ2v) is 24.2. The number of phosphoric ester groups is 1. The minimum atomic E-state index is -4.61. The van der Waals surface area contributed by atoms with Crippen LogP contribution in [0.5, 0.6) is 0 Å². The maximum Gasteiger partial charge on any atom is 0.268 e. The van der Waals surface area contributed by atoms with Gasteiger partial charge >= 0.3 is 0 Å². The number of nitrogens with one attached hydrogen (secondary N) is 1. The lowest BCUT2D eigenvalue weighted by atomic mass is 10.0. The van der Waals surface area contributed by atoms with E-state index in [0.717, 1.165) is 51.4 Å². The SMILES string of the molecule is CCCCCCC/C=C\C/C=C\C/C=C\CCCCCCCCCCCCCCCCCCC(=O)NC(COP(=O)([O-])OCC[N+](C)(C)C)C(O)/C=C/CC/C=C/CCCCCCCCCCCCCCCCC. The van der Waals surface area contributed by atoms with Crippen LogP contribution in [0.1, 0.15) is 296 Å². The molecule has 0 aliphatic heterocycles. The lowest BCUT2D eigenvalue weighted by Gasteiger charge is -2.29. The van der Waals surface area contributed by atoms with Crippen LogP contribution in [0.4, 0.5) is 0 Å². The molecule has 0 aromatic rings. The second kappa shape index (κ2) is 55.9. The number of amides is 1. The predicted octanol–water partition coefficient (Wildman–Crippen LogP) is 19.0. The highest BCUT2D eigenvalue weighted by molar-refractivity contribution is 7.45. The summed E-state index contributed by atoms with van der Waals surface area (Å²) < 4.78 is 23.4. The first-order valence-corrected chi connectivity index (χ1v) is 33.1. The number of aliphatic hydroxyl groups is 1. The fourth-order valence-electron chi connectivity index (χ4n) is 9.24. The molecule has 2 N–H and O–H groups in total. The maximum atomic E-state index is 13.0. The average molecular weight is 1060 g/mol. The lowest BCUT2D eigenvalue weighted by Crippen LogP contribution is -2.45. The van der Waals surface area contributed by atoms with Gasteiger partial charge in [-0.25, -0.2) is 0 Å². The summed E-state index contributed by atoms with van der Waals surface area (Å²) >= 11 is 0. The van der Waals surface area contributed by atoms with Gasteiger partial charge < -0.3 is 28.8 Å². The van der Waals surface area contributed by atoms with E-state index in [1.165, 1.54) is 225 Å². The Morgan fingerprint density at radius 1 is 0.473 bits per heavy atom. The van der Waals surface area contributed by atoms with Gasteiger partial charge in [-0.2, -0.15) is 0 Å². The van der Waals surface area contributed by atoms with Crippen LogP contribution < -0.4 is 10.2 Å². The third kappa shape index (κ3) is 57.9. The summed E-state index contributed by atoms with van der Waals surface area (Å²) in [6.45, 7) is 4.65. The van der Waals surface area contributed by atoms with Gasteiger partial charge in [0.05, 0.1) is 39.9 Å². The van der Waals surface area contributed by atoms with Gasteiger partial charge in [-0.1, -0.05) is 280 Å². The van der Waals surface area contributed by atoms with E-state index in [4.69, 9.17) is 9.05 Å². The molecule has 434 valence electrons. The Bertz CT molecular complexity index is 1390. The number of likely N-dealkylation sites (N-methyl/N-ethyl adjacent to an activating group) is 1. The van der Waals surface area contributed by atoms with E-state index < -0.39 is 26.6 Å². The van der Waals surface area contributed by atoms with Crippen LogP contribution in [0.3, 0.4) is 0 Å². The van der Waals surface area contributed by atoms with Crippen LogP contribution >= 0.6 is 7.82 Å². The zero-order chi connectivity index (χ0) is 54.2. The van der Waals surface area contributed by atoms with Crippen molar-refractivity contribution >= 4 is 13.7 Å². The van der Waals surface area contributed by atoms with Gasteiger partial charge in [0, 0.05) is 6.42 Å². The molecule has 0 radical (unpaired) electrons. The molecule has 0 aromatic carbocycles. The number of aliphatic hydroxyl groups excluding tert-OH is 1. The summed E-state index contributed by atoms with van der Waals surface area (Å²) in [5.41, 5.74) is 0. The van der Waals surface area contributed by atoms with Gasteiger partial charge in [0.25, 0.3) is 7.82 Å². The van der Waals surface area contributed by atoms with E-state index in [0.29, 0.717) is 17.4 Å². The summed E-state index contributed by atoms with van der Waals surface area (Å²) in [6.07, 6.45) is 76.0. The molecule has 0 fully saturated rings. The van der Waals surface area contributed by atoms with Crippen molar-refractivity contribution in [2.45, 2.75) is 309 Å². The highest BCUT2D eigenvalue weighted by atomic mass is 31.2. The summed E-state index contributed by atoms with van der Waals surface area (Å²) in [4.78, 5) is 25.6. The Balaban J connectivity index is 4.14. The van der Waals surface area contributed by atoms with Gasteiger partial charge in [0.15, 0.2) is 0 Å². The van der Waals surface area contributed by atoms with Crippen molar-refractivity contribution in [3.05, 3.63) is 60.8 Å². The van der Waals surface area contributed by atoms with Crippen molar-refractivity contribution in [1.82, 2.24) is 5.32 Å². The molecule has 0 saturated carbocycles. The van der Waals surface area contributed by atoms with Crippen molar-refractivity contribution in [3.63, 3.8) is 0 Å². The Morgan fingerprint density at radius 2 is 0.797 bits per heavy atom. The number of hydrogen-bond acceptors (Lipinski definition) is 6. The van der Waals surface area contributed by atoms with Crippen molar-refractivity contribution in [3.8, 4) is 0 Å². The number of carbonyl (C=O) groups excluding carboxylic acids is 1. The van der Waals surface area contributed by atoms with E-state index in [1.807, 2.05) is 27.2 Å². The Labute approximate surface area is 460 Å². The largest absolute Gasteiger partial charge is 0.756 e. The molecule has 0 aromatic heterocycles. The van der Waals surface area contributed by atoms with Crippen molar-refractivity contribution in [1.29, 1.82) is 0 Å². The maximum absolute atomic E-state index is 13.0. The van der Waals surface area contributed by atoms with E-state index >= 15 is 0 Å². The monoisotopic (exact) mass is 1060 g/mol. The van der Waals surface area contributed by atoms with Gasteiger partial charge in [-0.05, 0) is 70.6 Å². The number of unbranched alkanes of at least 4 members (excludes halogenated alkanes) is 37. The average Bonchev–Trinajstić information content (AvgIpc) is 3.36. The summed E-state index contributed by atoms with van der Waals surface area (Å²) in [5, 5.41) is 13.9. The van der Waals surface area contributed by atoms with Crippen molar-refractivity contribution in [2.75, 3.05) is 40.9 Å². The van der Waals surface area contributed by atoms with Crippen LogP contribution in [0.25, 0.3) is 0 Å². The van der Waals surface area contributed by atoms with E-state index in [1.54, 1.807) is 6.08 Å². The van der Waals surface area contributed by atoms with Crippen LogP contribution in [0, 0.1) is 0 Å². The van der Waals surface area contributed by atoms with Gasteiger partial charge in [0.1, 0.15) is 13.2 Å². The van der Waals surface area contributed by atoms with Crippen LogP contribution in [0.15, 0.2) is 60.8 Å². The molecule has 0 saturated heterocycles. The molecule has 8 nitrogen and oxygen atoms in total. The first-order chi connectivity index (χ1) is 36.0. The third-order valence-electron chi connectivity index (χ3n) is 14.2. The molecule has 0 spiro atoms. The van der Waals surface area contributed by atoms with E-state index in [9.17, 15) is 19.4 Å². The molecule has 0 aliphatic rings. The number of phosphoric acid groups is 1. The summed E-state index contributed by atoms with van der Waals surface area (Å²) in [7, 11) is 1.25. The zero-order valence-electron chi connectivity index (χ0n) is 49.5. The zero-order valence-corrected chi connectivity index (χ0v) is 50.4. The number of hydrogen-bond donors (Lipinski definition) is 2. The highest BCUT2D eigenvalue weighted by Crippen LogP contribution is 2.38. The van der Waals surface area contributed by atoms with Gasteiger partial charge in [-0.3, -0.25) is 9.36 Å². The van der Waals surface area contributed by atoms with Crippen molar-refractivity contribution < 1.29 is 32.9 Å². The fraction of sp³-hybridized carbons (Fsp3) is 0.831. The first-order valence-electron chi connectivity index (χ1n) is 31.7. The topological polar surface area (TPSA) is 108 Å². The quantitative estimate of drug-likeness (QED) is 0.0272. The summed E-state index contributed by atoms with van der Waals surface area (Å²) in [6, 6.07) is -0.906. The second-order valence-electron chi connectivity index (χ2n) is 22.8. The number of quaternary nitrogens is 1. The van der Waals surface area contributed by atoms with Crippen LogP contribution in [0.2, 0.25) is 0 Å². The molecule has 74 heavy (non-hydrogen) atoms. The lowest BCUT2D eigenvalue weighted by molar-refractivity contribution is -0.870. The Hall–Kier alpha value is -1.80.